The van der Waals surface area contributed by atoms with E-state index in [9.17, 15) is 4.79 Å². The molecule has 2 aromatic heterocycles. The molecule has 0 atom stereocenters. The van der Waals surface area contributed by atoms with Crippen LogP contribution in [0.15, 0.2) is 51.7 Å². The first-order valence-corrected chi connectivity index (χ1v) is 7.97. The number of hydrogen-bond acceptors (Lipinski definition) is 4. The summed E-state index contributed by atoms with van der Waals surface area (Å²) < 4.78 is 5.62. The Kier molecular flexibility index (Phi) is 3.69. The van der Waals surface area contributed by atoms with Gasteiger partial charge < -0.3 is 14.3 Å². The Bertz CT molecular complexity index is 1130. The Morgan fingerprint density at radius 2 is 1.92 bits per heavy atom. The van der Waals surface area contributed by atoms with Gasteiger partial charge in [-0.15, -0.1) is 0 Å². The van der Waals surface area contributed by atoms with Crippen molar-refractivity contribution in [1.29, 1.82) is 0 Å². The SMILES string of the molecule is [B]c1ccc2oc3c(=O)[nH]c(-c4ccc(CN(C)C)cc4)nc3c2c1. The summed E-state index contributed by atoms with van der Waals surface area (Å²) in [6.45, 7) is 0.856. The molecule has 0 unspecified atom stereocenters. The predicted octanol–water partition coefficient (Wildman–Crippen LogP) is 2.19. The van der Waals surface area contributed by atoms with Crippen molar-refractivity contribution in [3.8, 4) is 11.4 Å². The molecular weight excluding hydrogens is 313 g/mol. The van der Waals surface area contributed by atoms with Crippen molar-refractivity contribution in [1.82, 2.24) is 14.9 Å². The molecule has 0 fully saturated rings. The Morgan fingerprint density at radius 1 is 1.16 bits per heavy atom. The van der Waals surface area contributed by atoms with Crippen molar-refractivity contribution in [2.24, 2.45) is 0 Å². The number of hydrogen-bond donors (Lipinski definition) is 1. The van der Waals surface area contributed by atoms with Crippen LogP contribution in [0, 0.1) is 0 Å². The third-order valence-electron chi connectivity index (χ3n) is 4.07. The molecule has 2 aromatic carbocycles. The largest absolute Gasteiger partial charge is 0.449 e. The molecule has 0 amide bonds. The predicted molar refractivity (Wildman–Crippen MR) is 100 cm³/mol. The highest BCUT2D eigenvalue weighted by Crippen LogP contribution is 2.26. The van der Waals surface area contributed by atoms with Crippen LogP contribution in [0.25, 0.3) is 33.5 Å². The van der Waals surface area contributed by atoms with E-state index >= 15 is 0 Å². The maximum atomic E-state index is 12.4. The van der Waals surface area contributed by atoms with Gasteiger partial charge in [-0.1, -0.05) is 41.9 Å². The lowest BCUT2D eigenvalue weighted by atomic mass is 9.95. The standard InChI is InChI=1S/C19H16BN3O2/c1-23(2)10-11-3-5-12(6-4-11)18-21-16-14-9-13(20)7-8-15(14)25-17(16)19(24)22-18/h3-9H,10H2,1-2H3,(H,21,22,24). The van der Waals surface area contributed by atoms with Crippen LogP contribution in [0.4, 0.5) is 0 Å². The van der Waals surface area contributed by atoms with Crippen LogP contribution < -0.4 is 11.0 Å². The van der Waals surface area contributed by atoms with Crippen LogP contribution >= 0.6 is 0 Å². The zero-order chi connectivity index (χ0) is 17.6. The average Bonchev–Trinajstić information content (AvgIpc) is 2.94. The van der Waals surface area contributed by atoms with Gasteiger partial charge in [-0.2, -0.15) is 0 Å². The van der Waals surface area contributed by atoms with Crippen LogP contribution in [-0.2, 0) is 6.54 Å². The summed E-state index contributed by atoms with van der Waals surface area (Å²) in [6.07, 6.45) is 0. The number of furan rings is 1. The summed E-state index contributed by atoms with van der Waals surface area (Å²) in [5.74, 6) is 0.513. The highest BCUT2D eigenvalue weighted by Gasteiger charge is 2.14. The molecule has 2 heterocycles. The van der Waals surface area contributed by atoms with Crippen LogP contribution in [-0.4, -0.2) is 36.8 Å². The number of fused-ring (bicyclic) bond motifs is 3. The summed E-state index contributed by atoms with van der Waals surface area (Å²) in [5, 5.41) is 0.742. The first-order chi connectivity index (χ1) is 12.0. The normalized spacial score (nSPS) is 11.6. The Balaban J connectivity index is 1.86. The topological polar surface area (TPSA) is 62.1 Å². The molecule has 0 saturated heterocycles. The fourth-order valence-corrected chi connectivity index (χ4v) is 2.94. The summed E-state index contributed by atoms with van der Waals surface area (Å²) in [7, 11) is 9.91. The maximum Gasteiger partial charge on any atom is 0.294 e. The highest BCUT2D eigenvalue weighted by atomic mass is 16.3. The second-order valence-electron chi connectivity index (χ2n) is 6.38. The van der Waals surface area contributed by atoms with E-state index in [-0.39, 0.29) is 11.1 Å². The fourth-order valence-electron chi connectivity index (χ4n) is 2.94. The first kappa shape index (κ1) is 15.7. The van der Waals surface area contributed by atoms with Crippen molar-refractivity contribution in [3.63, 3.8) is 0 Å². The molecule has 5 nitrogen and oxygen atoms in total. The molecule has 0 aliphatic rings. The molecule has 2 radical (unpaired) electrons. The minimum absolute atomic E-state index is 0.216. The minimum atomic E-state index is -0.299. The Labute approximate surface area is 145 Å². The van der Waals surface area contributed by atoms with E-state index in [4.69, 9.17) is 12.3 Å². The number of nitrogens with zero attached hydrogens (tertiary/aromatic N) is 2. The summed E-state index contributed by atoms with van der Waals surface area (Å²) in [4.78, 5) is 21.9. The molecule has 0 spiro atoms. The number of H-pyrrole nitrogens is 1. The van der Waals surface area contributed by atoms with Gasteiger partial charge in [-0.3, -0.25) is 4.79 Å². The molecule has 0 aliphatic carbocycles. The lowest BCUT2D eigenvalue weighted by Gasteiger charge is -2.09. The van der Waals surface area contributed by atoms with Crippen molar-refractivity contribution in [3.05, 3.63) is 58.4 Å². The summed E-state index contributed by atoms with van der Waals surface area (Å²) >= 11 is 0. The van der Waals surface area contributed by atoms with E-state index in [0.717, 1.165) is 17.5 Å². The first-order valence-electron chi connectivity index (χ1n) is 7.97. The summed E-state index contributed by atoms with van der Waals surface area (Å²) in [5.41, 5.74) is 3.69. The molecule has 0 saturated carbocycles. The molecule has 0 bridgehead atoms. The monoisotopic (exact) mass is 329 g/mol. The fraction of sp³-hybridized carbons (Fsp3) is 0.158. The van der Waals surface area contributed by atoms with E-state index in [1.165, 1.54) is 5.56 Å². The Hall–Kier alpha value is -2.86. The number of nitrogens with one attached hydrogen (secondary N) is 1. The van der Waals surface area contributed by atoms with Gasteiger partial charge in [-0.05, 0) is 25.7 Å². The summed E-state index contributed by atoms with van der Waals surface area (Å²) in [6, 6.07) is 13.2. The molecule has 6 heteroatoms. The second kappa shape index (κ2) is 5.90. The van der Waals surface area contributed by atoms with Crippen molar-refractivity contribution in [2.75, 3.05) is 14.1 Å². The van der Waals surface area contributed by atoms with Gasteiger partial charge in [0.15, 0.2) is 0 Å². The van der Waals surface area contributed by atoms with Crippen LogP contribution in [0.3, 0.4) is 0 Å². The second-order valence-corrected chi connectivity index (χ2v) is 6.38. The molecular formula is C19H16BN3O2. The van der Waals surface area contributed by atoms with E-state index < -0.39 is 0 Å². The Morgan fingerprint density at radius 3 is 2.64 bits per heavy atom. The highest BCUT2D eigenvalue weighted by molar-refractivity contribution is 6.33. The van der Waals surface area contributed by atoms with Gasteiger partial charge in [0.1, 0.15) is 24.8 Å². The maximum absolute atomic E-state index is 12.4. The number of aromatic nitrogens is 2. The molecule has 4 aromatic rings. The molecule has 4 rings (SSSR count). The molecule has 25 heavy (non-hydrogen) atoms. The van der Waals surface area contributed by atoms with Crippen molar-refractivity contribution < 1.29 is 4.42 Å². The third kappa shape index (κ3) is 2.85. The van der Waals surface area contributed by atoms with Gasteiger partial charge in [0.25, 0.3) is 5.56 Å². The minimum Gasteiger partial charge on any atom is -0.449 e. The van der Waals surface area contributed by atoms with E-state index in [1.54, 1.807) is 18.2 Å². The van der Waals surface area contributed by atoms with E-state index in [1.807, 2.05) is 38.4 Å². The van der Waals surface area contributed by atoms with E-state index in [2.05, 4.69) is 14.9 Å². The quantitative estimate of drug-likeness (QED) is 0.585. The van der Waals surface area contributed by atoms with Gasteiger partial charge in [0.2, 0.25) is 5.58 Å². The lowest BCUT2D eigenvalue weighted by molar-refractivity contribution is 0.402. The zero-order valence-electron chi connectivity index (χ0n) is 14.0. The molecule has 122 valence electrons. The van der Waals surface area contributed by atoms with Crippen LogP contribution in [0.1, 0.15) is 5.56 Å². The van der Waals surface area contributed by atoms with E-state index in [0.29, 0.717) is 22.4 Å². The number of benzene rings is 2. The average molecular weight is 329 g/mol. The van der Waals surface area contributed by atoms with Crippen molar-refractivity contribution in [2.45, 2.75) is 6.54 Å². The molecule has 1 N–H and O–H groups in total. The number of rotatable bonds is 3. The smallest absolute Gasteiger partial charge is 0.294 e. The number of aromatic amines is 1. The van der Waals surface area contributed by atoms with Gasteiger partial charge in [-0.25, -0.2) is 4.98 Å². The third-order valence-corrected chi connectivity index (χ3v) is 4.07. The zero-order valence-corrected chi connectivity index (χ0v) is 14.0. The van der Waals surface area contributed by atoms with Crippen molar-refractivity contribution >= 4 is 35.4 Å². The molecule has 0 aliphatic heterocycles. The van der Waals surface area contributed by atoms with Gasteiger partial charge in [0, 0.05) is 17.5 Å². The van der Waals surface area contributed by atoms with Crippen LogP contribution in [0.5, 0.6) is 0 Å². The lowest BCUT2D eigenvalue weighted by Crippen LogP contribution is -2.10. The van der Waals surface area contributed by atoms with Gasteiger partial charge >= 0.3 is 0 Å². The van der Waals surface area contributed by atoms with Gasteiger partial charge in [0.05, 0.1) is 0 Å². The van der Waals surface area contributed by atoms with Crippen LogP contribution in [0.2, 0.25) is 0 Å².